The van der Waals surface area contributed by atoms with Crippen molar-refractivity contribution in [2.75, 3.05) is 0 Å². The zero-order chi connectivity index (χ0) is 51.3. The first-order chi connectivity index (χ1) is 37.5. The van der Waals surface area contributed by atoms with Gasteiger partial charge in [0.1, 0.15) is 24.3 Å². The molecule has 2 heterocycles. The molecule has 13 rings (SSSR count). The van der Waals surface area contributed by atoms with E-state index >= 15 is 0 Å². The largest absolute Gasteiger partial charge is 0.309 e. The Morgan fingerprint density at radius 3 is 0.934 bits per heavy atom. The number of hydrogen-bond donors (Lipinski definition) is 0. The Labute approximate surface area is 438 Å². The quantitative estimate of drug-likeness (QED) is 0.151. The molecule has 0 radical (unpaired) electrons. The first kappa shape index (κ1) is 44.9. The van der Waals surface area contributed by atoms with E-state index < -0.39 is 0 Å². The first-order valence-electron chi connectivity index (χ1n) is 24.9. The number of aromatic nitrogens is 2. The molecule has 0 aliphatic carbocycles. The molecule has 350 valence electrons. The molecule has 0 unspecified atom stereocenters. The standard InChI is InChI=1S/C70H40N6/c71-41-57-28-26-53(36-59(57)43-73)49-18-10-45(11-19-49)47-14-22-51(23-15-47)55-30-33-68-64(38-55)65-39-56(52-24-16-48(17-25-52)46-12-20-50(21-13-46)54-27-29-58(42-72)60(37-54)44-74)31-34-69(65)76(68)62-32-35-70-66(40-62)63-8-4-5-9-67(63)75(70)61-6-2-1-3-7-61/h1-40H. The third-order valence-electron chi connectivity index (χ3n) is 14.8. The average molecular weight is 965 g/mol. The van der Waals surface area contributed by atoms with Crippen LogP contribution in [-0.4, -0.2) is 9.13 Å². The van der Waals surface area contributed by atoms with Crippen molar-refractivity contribution in [2.45, 2.75) is 0 Å². The third-order valence-corrected chi connectivity index (χ3v) is 14.8. The zero-order valence-corrected chi connectivity index (χ0v) is 40.8. The van der Waals surface area contributed by atoms with Crippen LogP contribution in [-0.2, 0) is 0 Å². The van der Waals surface area contributed by atoms with Gasteiger partial charge in [0.05, 0.1) is 44.3 Å². The van der Waals surface area contributed by atoms with Crippen molar-refractivity contribution < 1.29 is 0 Å². The first-order valence-corrected chi connectivity index (χ1v) is 24.9. The van der Waals surface area contributed by atoms with Crippen LogP contribution in [0.2, 0.25) is 0 Å². The minimum atomic E-state index is 0.374. The summed E-state index contributed by atoms with van der Waals surface area (Å²) in [6.45, 7) is 0. The van der Waals surface area contributed by atoms with E-state index in [0.717, 1.165) is 105 Å². The molecule has 0 aliphatic rings. The highest BCUT2D eigenvalue weighted by molar-refractivity contribution is 6.13. The molecule has 0 fully saturated rings. The fraction of sp³-hybridized carbons (Fsp3) is 0. The van der Waals surface area contributed by atoms with E-state index in [1.807, 2.05) is 12.1 Å². The Bertz CT molecular complexity index is 4410. The van der Waals surface area contributed by atoms with E-state index in [4.69, 9.17) is 0 Å². The number of hydrogen-bond acceptors (Lipinski definition) is 4. The molecule has 6 nitrogen and oxygen atoms in total. The second kappa shape index (κ2) is 18.5. The zero-order valence-electron chi connectivity index (χ0n) is 40.8. The fourth-order valence-corrected chi connectivity index (χ4v) is 10.9. The molecule has 6 heteroatoms. The molecule has 11 aromatic carbocycles. The van der Waals surface area contributed by atoms with Gasteiger partial charge < -0.3 is 9.13 Å². The molecule has 0 atom stereocenters. The molecular formula is C70H40N6. The fourth-order valence-electron chi connectivity index (χ4n) is 10.9. The van der Waals surface area contributed by atoms with Crippen molar-refractivity contribution in [1.82, 2.24) is 9.13 Å². The normalized spacial score (nSPS) is 11.1. The Morgan fingerprint density at radius 1 is 0.211 bits per heavy atom. The number of para-hydroxylation sites is 2. The van der Waals surface area contributed by atoms with Gasteiger partial charge in [-0.3, -0.25) is 0 Å². The number of rotatable bonds is 8. The summed E-state index contributed by atoms with van der Waals surface area (Å²) in [4.78, 5) is 0. The molecule has 0 saturated carbocycles. The van der Waals surface area contributed by atoms with Crippen LogP contribution in [0.1, 0.15) is 22.3 Å². The lowest BCUT2D eigenvalue weighted by Crippen LogP contribution is -1.95. The van der Waals surface area contributed by atoms with E-state index in [1.54, 1.807) is 24.3 Å². The van der Waals surface area contributed by atoms with Crippen molar-refractivity contribution in [2.24, 2.45) is 0 Å². The summed E-state index contributed by atoms with van der Waals surface area (Å²) in [5.41, 5.74) is 20.9. The maximum Gasteiger partial charge on any atom is 0.101 e. The van der Waals surface area contributed by atoms with Gasteiger partial charge in [-0.15, -0.1) is 0 Å². The molecule has 0 saturated heterocycles. The monoisotopic (exact) mass is 964 g/mol. The van der Waals surface area contributed by atoms with Gasteiger partial charge in [-0.1, -0.05) is 158 Å². The molecule has 0 bridgehead atoms. The maximum absolute atomic E-state index is 9.58. The van der Waals surface area contributed by atoms with Gasteiger partial charge >= 0.3 is 0 Å². The molecule has 13 aromatic rings. The van der Waals surface area contributed by atoms with Gasteiger partial charge in [-0.2, -0.15) is 21.0 Å². The van der Waals surface area contributed by atoms with Crippen LogP contribution in [0.3, 0.4) is 0 Å². The van der Waals surface area contributed by atoms with Crippen LogP contribution in [0.5, 0.6) is 0 Å². The summed E-state index contributed by atoms with van der Waals surface area (Å²) >= 11 is 0. The van der Waals surface area contributed by atoms with Crippen molar-refractivity contribution in [3.05, 3.63) is 265 Å². The van der Waals surface area contributed by atoms with Crippen molar-refractivity contribution in [3.8, 4) is 102 Å². The van der Waals surface area contributed by atoms with Gasteiger partial charge in [-0.25, -0.2) is 0 Å². The molecule has 0 aliphatic heterocycles. The van der Waals surface area contributed by atoms with Gasteiger partial charge in [0.15, 0.2) is 0 Å². The molecule has 76 heavy (non-hydrogen) atoms. The summed E-state index contributed by atoms with van der Waals surface area (Å²) in [7, 11) is 0. The van der Waals surface area contributed by atoms with Crippen LogP contribution in [0.4, 0.5) is 0 Å². The van der Waals surface area contributed by atoms with Gasteiger partial charge in [0.25, 0.3) is 0 Å². The Hall–Kier alpha value is -11.0. The highest BCUT2D eigenvalue weighted by atomic mass is 15.0. The lowest BCUT2D eigenvalue weighted by atomic mass is 9.96. The highest BCUT2D eigenvalue weighted by Gasteiger charge is 2.19. The van der Waals surface area contributed by atoms with Gasteiger partial charge in [0.2, 0.25) is 0 Å². The third kappa shape index (κ3) is 7.72. The summed E-state index contributed by atoms with van der Waals surface area (Å²) < 4.78 is 4.76. The SMILES string of the molecule is N#Cc1ccc(-c2ccc(-c3ccc(-c4ccc5c(c4)c4cc(-c6ccc(-c7ccc(-c8ccc(C#N)c(C#N)c8)cc7)cc6)ccc4n5-c4ccc5c(c4)c4ccccc4n5-c4ccccc4)cc3)cc2)cc1C#N. The van der Waals surface area contributed by atoms with Crippen molar-refractivity contribution >= 4 is 43.6 Å². The summed E-state index contributed by atoms with van der Waals surface area (Å²) in [5, 5.41) is 42.7. The molecule has 0 spiro atoms. The summed E-state index contributed by atoms with van der Waals surface area (Å²) in [5.74, 6) is 0. The summed E-state index contributed by atoms with van der Waals surface area (Å²) in [6.07, 6.45) is 0. The van der Waals surface area contributed by atoms with E-state index in [9.17, 15) is 21.0 Å². The second-order valence-corrected chi connectivity index (χ2v) is 19.0. The van der Waals surface area contributed by atoms with Crippen LogP contribution >= 0.6 is 0 Å². The molecular weight excluding hydrogens is 925 g/mol. The predicted molar refractivity (Wildman–Crippen MR) is 307 cm³/mol. The molecule has 0 N–H and O–H groups in total. The number of benzene rings is 11. The Kier molecular flexibility index (Phi) is 11.0. The number of nitriles is 4. The van der Waals surface area contributed by atoms with E-state index in [2.05, 4.69) is 240 Å². The Morgan fingerprint density at radius 2 is 0.513 bits per heavy atom. The topological polar surface area (TPSA) is 105 Å². The Balaban J connectivity index is 0.877. The van der Waals surface area contributed by atoms with Gasteiger partial charge in [-0.05, 0) is 152 Å². The van der Waals surface area contributed by atoms with Crippen LogP contribution in [0, 0.1) is 45.3 Å². The van der Waals surface area contributed by atoms with Crippen LogP contribution in [0.15, 0.2) is 243 Å². The lowest BCUT2D eigenvalue weighted by molar-refractivity contribution is 1.17. The van der Waals surface area contributed by atoms with Crippen LogP contribution in [0.25, 0.3) is 122 Å². The minimum absolute atomic E-state index is 0.374. The van der Waals surface area contributed by atoms with Gasteiger partial charge in [0, 0.05) is 32.9 Å². The van der Waals surface area contributed by atoms with E-state index in [1.165, 1.54) is 16.3 Å². The minimum Gasteiger partial charge on any atom is -0.309 e. The summed E-state index contributed by atoms with van der Waals surface area (Å²) in [6, 6.07) is 93.0. The maximum atomic E-state index is 9.58. The second-order valence-electron chi connectivity index (χ2n) is 19.0. The predicted octanol–water partition coefficient (Wildman–Crippen LogP) is 17.4. The van der Waals surface area contributed by atoms with E-state index in [-0.39, 0.29) is 0 Å². The molecule has 2 aromatic heterocycles. The van der Waals surface area contributed by atoms with Crippen LogP contribution < -0.4 is 0 Å². The number of fused-ring (bicyclic) bond motifs is 6. The van der Waals surface area contributed by atoms with Crippen molar-refractivity contribution in [1.29, 1.82) is 21.0 Å². The van der Waals surface area contributed by atoms with E-state index in [0.29, 0.717) is 22.3 Å². The highest BCUT2D eigenvalue weighted by Crippen LogP contribution is 2.41. The van der Waals surface area contributed by atoms with Crippen molar-refractivity contribution in [3.63, 3.8) is 0 Å². The smallest absolute Gasteiger partial charge is 0.101 e. The molecule has 0 amide bonds. The lowest BCUT2D eigenvalue weighted by Gasteiger charge is -2.11. The average Bonchev–Trinajstić information content (AvgIpc) is 4.05. The number of nitrogens with zero attached hydrogens (tertiary/aromatic N) is 6.